The molecule has 24 heavy (non-hydrogen) atoms. The number of rotatable bonds is 5. The fourth-order valence-electron chi connectivity index (χ4n) is 3.59. The fraction of sp³-hybridized carbons (Fsp3) is 0.550. The van der Waals surface area contributed by atoms with Gasteiger partial charge in [-0.05, 0) is 50.8 Å². The zero-order chi connectivity index (χ0) is 17.1. The average molecular weight is 328 g/mol. The highest BCUT2D eigenvalue weighted by molar-refractivity contribution is 5.89. The van der Waals surface area contributed by atoms with E-state index in [0.717, 1.165) is 48.0 Å². The number of likely N-dealkylation sites (tertiary alicyclic amines) is 1. The van der Waals surface area contributed by atoms with Crippen LogP contribution in [0.5, 0.6) is 0 Å². The average Bonchev–Trinajstić information content (AvgIpc) is 2.96. The van der Waals surface area contributed by atoms with E-state index < -0.39 is 0 Å². The third-order valence-electron chi connectivity index (χ3n) is 5.19. The first-order valence-corrected chi connectivity index (χ1v) is 9.06. The monoisotopic (exact) mass is 328 g/mol. The van der Waals surface area contributed by atoms with Crippen molar-refractivity contribution in [1.29, 1.82) is 0 Å². The molecule has 0 aliphatic carbocycles. The van der Waals surface area contributed by atoms with Gasteiger partial charge >= 0.3 is 0 Å². The van der Waals surface area contributed by atoms with Gasteiger partial charge in [-0.1, -0.05) is 19.1 Å². The molecular weight excluding hydrogens is 300 g/mol. The minimum atomic E-state index is 0.102. The van der Waals surface area contributed by atoms with Gasteiger partial charge in [-0.2, -0.15) is 0 Å². The highest BCUT2D eigenvalue weighted by Gasteiger charge is 2.21. The molecule has 1 N–H and O–H groups in total. The number of hydrogen-bond donors (Lipinski definition) is 1. The van der Waals surface area contributed by atoms with E-state index >= 15 is 0 Å². The van der Waals surface area contributed by atoms with E-state index in [-0.39, 0.29) is 5.91 Å². The summed E-state index contributed by atoms with van der Waals surface area (Å²) >= 11 is 0. The smallest absolute Gasteiger partial charge is 0.224 e. The fourth-order valence-corrected chi connectivity index (χ4v) is 3.59. The van der Waals surface area contributed by atoms with Crippen LogP contribution in [0.15, 0.2) is 22.8 Å². The summed E-state index contributed by atoms with van der Waals surface area (Å²) < 4.78 is 5.71. The Balaban J connectivity index is 1.59. The lowest BCUT2D eigenvalue weighted by molar-refractivity contribution is -0.121. The van der Waals surface area contributed by atoms with E-state index in [4.69, 9.17) is 4.42 Å². The minimum Gasteiger partial charge on any atom is -0.464 e. The molecule has 2 aromatic rings. The van der Waals surface area contributed by atoms with Gasteiger partial charge < -0.3 is 14.6 Å². The molecule has 3 rings (SSSR count). The molecule has 0 saturated carbocycles. The predicted octanol–water partition coefficient (Wildman–Crippen LogP) is 3.58. The number of furan rings is 1. The van der Waals surface area contributed by atoms with Crippen molar-refractivity contribution >= 4 is 16.9 Å². The van der Waals surface area contributed by atoms with Crippen LogP contribution in [0.4, 0.5) is 0 Å². The van der Waals surface area contributed by atoms with Crippen LogP contribution < -0.4 is 5.32 Å². The summed E-state index contributed by atoms with van der Waals surface area (Å²) in [6, 6.07) is 4.47. The number of benzene rings is 1. The molecule has 4 nitrogen and oxygen atoms in total. The van der Waals surface area contributed by atoms with Crippen LogP contribution in [0.1, 0.15) is 42.9 Å². The van der Waals surface area contributed by atoms with Crippen LogP contribution >= 0.6 is 0 Å². The number of hydrogen-bond acceptors (Lipinski definition) is 3. The summed E-state index contributed by atoms with van der Waals surface area (Å²) in [7, 11) is 0. The molecule has 1 saturated heterocycles. The molecule has 1 fully saturated rings. The quantitative estimate of drug-likeness (QED) is 0.912. The molecule has 1 aliphatic heterocycles. The van der Waals surface area contributed by atoms with Crippen molar-refractivity contribution in [3.63, 3.8) is 0 Å². The van der Waals surface area contributed by atoms with Crippen LogP contribution in [-0.2, 0) is 11.2 Å². The number of carbonyl (C=O) groups excluding carboxylic acids is 1. The van der Waals surface area contributed by atoms with Gasteiger partial charge in [0.2, 0.25) is 5.91 Å². The van der Waals surface area contributed by atoms with Crippen LogP contribution in [0, 0.1) is 13.8 Å². The number of carbonyl (C=O) groups is 1. The summed E-state index contributed by atoms with van der Waals surface area (Å²) in [5.74, 6) is 0.102. The Morgan fingerprint density at radius 1 is 1.29 bits per heavy atom. The third-order valence-corrected chi connectivity index (χ3v) is 5.19. The van der Waals surface area contributed by atoms with Gasteiger partial charge in [0, 0.05) is 30.1 Å². The molecule has 0 spiro atoms. The summed E-state index contributed by atoms with van der Waals surface area (Å²) in [4.78, 5) is 14.9. The van der Waals surface area contributed by atoms with E-state index in [1.54, 1.807) is 6.26 Å². The number of nitrogens with zero attached hydrogens (tertiary/aromatic N) is 1. The lowest BCUT2D eigenvalue weighted by Gasteiger charge is -2.32. The second-order valence-corrected chi connectivity index (χ2v) is 7.01. The minimum absolute atomic E-state index is 0.102. The van der Waals surface area contributed by atoms with Crippen molar-refractivity contribution in [3.05, 3.63) is 35.1 Å². The largest absolute Gasteiger partial charge is 0.464 e. The molecule has 4 heteroatoms. The van der Waals surface area contributed by atoms with Crippen LogP contribution in [-0.4, -0.2) is 36.5 Å². The van der Waals surface area contributed by atoms with Crippen molar-refractivity contribution in [2.45, 2.75) is 52.5 Å². The van der Waals surface area contributed by atoms with E-state index in [2.05, 4.69) is 43.1 Å². The van der Waals surface area contributed by atoms with Crippen molar-refractivity contribution < 1.29 is 9.21 Å². The standard InChI is InChI=1S/C20H28N2O2/c1-4-9-22-10-7-17(8-11-22)21-19(23)12-16-13-24-20-15(3)14(2)5-6-18(16)20/h5-6,13,17H,4,7-12H2,1-3H3,(H,21,23). The van der Waals surface area contributed by atoms with Gasteiger partial charge in [0.15, 0.2) is 0 Å². The summed E-state index contributed by atoms with van der Waals surface area (Å²) in [5.41, 5.74) is 4.26. The van der Waals surface area contributed by atoms with Crippen LogP contribution in [0.2, 0.25) is 0 Å². The normalized spacial score (nSPS) is 16.6. The molecule has 130 valence electrons. The lowest BCUT2D eigenvalue weighted by Crippen LogP contribution is -2.45. The van der Waals surface area contributed by atoms with Gasteiger partial charge in [0.25, 0.3) is 0 Å². The summed E-state index contributed by atoms with van der Waals surface area (Å²) in [6.07, 6.45) is 5.43. The molecule has 0 bridgehead atoms. The third kappa shape index (κ3) is 3.64. The van der Waals surface area contributed by atoms with Crippen molar-refractivity contribution in [1.82, 2.24) is 10.2 Å². The maximum absolute atomic E-state index is 12.4. The summed E-state index contributed by atoms with van der Waals surface area (Å²) in [6.45, 7) is 9.70. The highest BCUT2D eigenvalue weighted by atomic mass is 16.3. The zero-order valence-corrected chi connectivity index (χ0v) is 15.0. The Morgan fingerprint density at radius 2 is 2.04 bits per heavy atom. The van der Waals surface area contributed by atoms with Crippen molar-refractivity contribution in [2.24, 2.45) is 0 Å². The molecule has 0 atom stereocenters. The van der Waals surface area contributed by atoms with Crippen molar-refractivity contribution in [3.8, 4) is 0 Å². The number of amides is 1. The van der Waals surface area contributed by atoms with E-state index in [1.807, 2.05) is 0 Å². The van der Waals surface area contributed by atoms with Gasteiger partial charge in [-0.3, -0.25) is 4.79 Å². The maximum Gasteiger partial charge on any atom is 0.224 e. The molecule has 1 aromatic heterocycles. The van der Waals surface area contributed by atoms with Gasteiger partial charge in [0.05, 0.1) is 12.7 Å². The number of fused-ring (bicyclic) bond motifs is 1. The number of piperidine rings is 1. The molecule has 1 aromatic carbocycles. The second kappa shape index (κ2) is 7.39. The first-order valence-electron chi connectivity index (χ1n) is 9.06. The maximum atomic E-state index is 12.4. The Hall–Kier alpha value is -1.81. The van der Waals surface area contributed by atoms with Gasteiger partial charge in [0.1, 0.15) is 5.58 Å². The summed E-state index contributed by atoms with van der Waals surface area (Å²) in [5, 5.41) is 4.26. The number of aryl methyl sites for hydroxylation is 2. The Labute approximate surface area is 144 Å². The highest BCUT2D eigenvalue weighted by Crippen LogP contribution is 2.26. The molecule has 2 heterocycles. The van der Waals surface area contributed by atoms with E-state index in [1.165, 1.54) is 18.5 Å². The first-order chi connectivity index (χ1) is 11.6. The molecule has 0 unspecified atom stereocenters. The number of nitrogens with one attached hydrogen (secondary N) is 1. The molecule has 1 aliphatic rings. The predicted molar refractivity (Wildman–Crippen MR) is 97.3 cm³/mol. The molecule has 1 amide bonds. The Bertz CT molecular complexity index is 712. The molecular formula is C20H28N2O2. The topological polar surface area (TPSA) is 45.5 Å². The van der Waals surface area contributed by atoms with Crippen LogP contribution in [0.3, 0.4) is 0 Å². The van der Waals surface area contributed by atoms with E-state index in [0.29, 0.717) is 12.5 Å². The Kier molecular flexibility index (Phi) is 5.24. The SMILES string of the molecule is CCCN1CCC(NC(=O)Cc2coc3c(C)c(C)ccc23)CC1. The first kappa shape index (κ1) is 17.0. The zero-order valence-electron chi connectivity index (χ0n) is 15.0. The Morgan fingerprint density at radius 3 is 2.75 bits per heavy atom. The van der Waals surface area contributed by atoms with E-state index in [9.17, 15) is 4.79 Å². The van der Waals surface area contributed by atoms with Crippen LogP contribution in [0.25, 0.3) is 11.0 Å². The second-order valence-electron chi connectivity index (χ2n) is 7.01. The lowest BCUT2D eigenvalue weighted by atomic mass is 10.0. The van der Waals surface area contributed by atoms with Gasteiger partial charge in [-0.25, -0.2) is 0 Å². The van der Waals surface area contributed by atoms with Gasteiger partial charge in [-0.15, -0.1) is 0 Å². The molecule has 0 radical (unpaired) electrons. The van der Waals surface area contributed by atoms with Crippen molar-refractivity contribution in [2.75, 3.05) is 19.6 Å².